The second-order valence-corrected chi connectivity index (χ2v) is 12.6. The minimum Gasteiger partial charge on any atom is -0.550 e. The Morgan fingerprint density at radius 1 is 0.585 bits per heavy atom. The Bertz CT molecular complexity index is 667. The molecule has 0 aliphatic carbocycles. The fourth-order valence-corrected chi connectivity index (χ4v) is 5.94. The highest BCUT2D eigenvalue weighted by atomic mass is 16.4. The van der Waals surface area contributed by atoms with Gasteiger partial charge in [-0.25, -0.2) is 0 Å². The normalized spacial score (nSPS) is 15.4. The zero-order chi connectivity index (χ0) is 30.9. The predicted octanol–water partition coefficient (Wildman–Crippen LogP) is 7.23. The van der Waals surface area contributed by atoms with E-state index in [4.69, 9.17) is 0 Å². The lowest BCUT2D eigenvalue weighted by Crippen LogP contribution is -2.58. The Morgan fingerprint density at radius 2 is 0.927 bits per heavy atom. The summed E-state index contributed by atoms with van der Waals surface area (Å²) < 4.78 is 0.187. The number of hydrogen-bond donors (Lipinski definition) is 2. The van der Waals surface area contributed by atoms with Crippen molar-refractivity contribution in [1.29, 1.82) is 0 Å². The molecule has 41 heavy (non-hydrogen) atoms. The number of carboxylic acids is 3. The number of carbonyl (C=O) groups is 3. The lowest BCUT2D eigenvalue weighted by atomic mass is 10.00. The van der Waals surface area contributed by atoms with Crippen molar-refractivity contribution in [2.45, 2.75) is 143 Å². The minimum atomic E-state index is -1.18. The Labute approximate surface area is 251 Å². The van der Waals surface area contributed by atoms with Gasteiger partial charge in [0, 0.05) is 11.9 Å². The van der Waals surface area contributed by atoms with Gasteiger partial charge in [0.25, 0.3) is 0 Å². The molecule has 3 atom stereocenters. The van der Waals surface area contributed by atoms with Crippen molar-refractivity contribution >= 4 is 17.9 Å². The Balaban J connectivity index is 4.21. The van der Waals surface area contributed by atoms with Crippen LogP contribution in [-0.2, 0) is 14.4 Å². The highest BCUT2D eigenvalue weighted by Crippen LogP contribution is 2.22. The predicted molar refractivity (Wildman–Crippen MR) is 165 cm³/mol. The van der Waals surface area contributed by atoms with E-state index >= 15 is 0 Å². The minimum absolute atomic E-state index is 0.187. The molecule has 3 unspecified atom stereocenters. The highest BCUT2D eigenvalue weighted by molar-refractivity contribution is 5.70. The van der Waals surface area contributed by atoms with Crippen LogP contribution in [0.2, 0.25) is 0 Å². The van der Waals surface area contributed by atoms with Crippen molar-refractivity contribution in [3.8, 4) is 0 Å². The highest BCUT2D eigenvalue weighted by Gasteiger charge is 2.36. The molecule has 0 heterocycles. The van der Waals surface area contributed by atoms with E-state index < -0.39 is 35.7 Å². The van der Waals surface area contributed by atoms with E-state index in [2.05, 4.69) is 19.1 Å². The molecule has 0 radical (unpaired) electrons. The van der Waals surface area contributed by atoms with Crippen LogP contribution in [0.15, 0.2) is 12.2 Å². The number of quaternary nitrogens is 1. The largest absolute Gasteiger partial charge is 0.550 e. The first-order valence-corrected chi connectivity index (χ1v) is 16.7. The second-order valence-electron chi connectivity index (χ2n) is 12.6. The molecule has 0 saturated heterocycles. The van der Waals surface area contributed by atoms with Crippen LogP contribution in [0.25, 0.3) is 0 Å². The van der Waals surface area contributed by atoms with Gasteiger partial charge in [-0.1, -0.05) is 109 Å². The number of carbonyl (C=O) groups excluding carboxylic acids is 1. The van der Waals surface area contributed by atoms with Gasteiger partial charge in [-0.3, -0.25) is 9.59 Å². The first-order valence-electron chi connectivity index (χ1n) is 16.7. The maximum Gasteiger partial charge on any atom is 0.311 e. The quantitative estimate of drug-likeness (QED) is 0.0547. The first kappa shape index (κ1) is 39.1. The fraction of sp³-hybridized carbons (Fsp3) is 0.853. The molecule has 0 aromatic carbocycles. The summed E-state index contributed by atoms with van der Waals surface area (Å²) in [5, 5.41) is 30.6. The molecule has 0 aliphatic rings. The lowest BCUT2D eigenvalue weighted by Gasteiger charge is -2.43. The fourth-order valence-electron chi connectivity index (χ4n) is 5.94. The monoisotopic (exact) mass is 581 g/mol. The van der Waals surface area contributed by atoms with Crippen LogP contribution >= 0.6 is 0 Å². The maximum absolute atomic E-state index is 11.6. The summed E-state index contributed by atoms with van der Waals surface area (Å²) in [5.74, 6) is -5.22. The van der Waals surface area contributed by atoms with E-state index in [9.17, 15) is 29.7 Å². The van der Waals surface area contributed by atoms with E-state index in [1.165, 1.54) is 89.9 Å². The van der Waals surface area contributed by atoms with Gasteiger partial charge in [-0.05, 0) is 46.0 Å². The van der Waals surface area contributed by atoms with Gasteiger partial charge in [0.2, 0.25) is 0 Å². The van der Waals surface area contributed by atoms with Crippen molar-refractivity contribution in [3.63, 3.8) is 0 Å². The van der Waals surface area contributed by atoms with Crippen LogP contribution in [-0.4, -0.2) is 58.8 Å². The zero-order valence-corrected chi connectivity index (χ0v) is 26.9. The molecular formula is C34H63NO6. The number of nitrogens with zero attached hydrogens (tertiary/aromatic N) is 1. The molecule has 0 bridgehead atoms. The summed E-state index contributed by atoms with van der Waals surface area (Å²) in [7, 11) is 0. The molecule has 0 aliphatic heterocycles. The molecule has 0 rings (SSSR count). The van der Waals surface area contributed by atoms with E-state index in [0.717, 1.165) is 25.7 Å². The van der Waals surface area contributed by atoms with Crippen LogP contribution < -0.4 is 5.11 Å². The van der Waals surface area contributed by atoms with Gasteiger partial charge in [0.15, 0.2) is 0 Å². The number of rotatable bonds is 29. The summed E-state index contributed by atoms with van der Waals surface area (Å²) in [4.78, 5) is 34.8. The van der Waals surface area contributed by atoms with Gasteiger partial charge in [-0.15, -0.1) is 0 Å². The average Bonchev–Trinajstić information content (AvgIpc) is 2.91. The molecule has 0 aromatic rings. The van der Waals surface area contributed by atoms with Gasteiger partial charge in [-0.2, -0.15) is 0 Å². The molecule has 0 spiro atoms. The van der Waals surface area contributed by atoms with E-state index in [0.29, 0.717) is 6.54 Å². The molecular weight excluding hydrogens is 518 g/mol. The molecule has 0 saturated carbocycles. The molecule has 7 heteroatoms. The summed E-state index contributed by atoms with van der Waals surface area (Å²) in [5.41, 5.74) is 0. The van der Waals surface area contributed by atoms with Crippen molar-refractivity contribution in [1.82, 2.24) is 0 Å². The molecule has 2 N–H and O–H groups in total. The van der Waals surface area contributed by atoms with Gasteiger partial charge in [0.05, 0.1) is 26.2 Å². The lowest BCUT2D eigenvalue weighted by molar-refractivity contribution is -0.934. The summed E-state index contributed by atoms with van der Waals surface area (Å²) in [6.45, 7) is 8.19. The molecule has 0 fully saturated rings. The van der Waals surface area contributed by atoms with E-state index in [1.807, 2.05) is 0 Å². The summed E-state index contributed by atoms with van der Waals surface area (Å²) in [6.07, 6.45) is 27.0. The third-order valence-corrected chi connectivity index (χ3v) is 8.38. The Hall–Kier alpha value is -1.89. The SMILES string of the molecule is CC/C=C/CCCCCCCCCCCCCCCCCC[N+](CC(C)C(=O)[O-])(CC(C)C(=O)O)CC(C)C(=O)O. The summed E-state index contributed by atoms with van der Waals surface area (Å²) in [6, 6.07) is 0. The van der Waals surface area contributed by atoms with Crippen LogP contribution in [0.3, 0.4) is 0 Å². The second kappa shape index (κ2) is 24.7. The first-order chi connectivity index (χ1) is 19.5. The van der Waals surface area contributed by atoms with Crippen LogP contribution in [0.1, 0.15) is 143 Å². The number of aliphatic carboxylic acids is 3. The molecule has 240 valence electrons. The Kier molecular flexibility index (Phi) is 23.5. The van der Waals surface area contributed by atoms with Gasteiger partial charge < -0.3 is 24.6 Å². The van der Waals surface area contributed by atoms with Gasteiger partial charge in [0.1, 0.15) is 11.8 Å². The smallest absolute Gasteiger partial charge is 0.311 e. The number of unbranched alkanes of at least 4 members (excludes halogenated alkanes) is 16. The maximum atomic E-state index is 11.6. The van der Waals surface area contributed by atoms with Crippen LogP contribution in [0.4, 0.5) is 0 Å². The number of hydrogen-bond acceptors (Lipinski definition) is 4. The average molecular weight is 582 g/mol. The molecule has 7 nitrogen and oxygen atoms in total. The summed E-state index contributed by atoms with van der Waals surface area (Å²) >= 11 is 0. The van der Waals surface area contributed by atoms with Crippen LogP contribution in [0.5, 0.6) is 0 Å². The van der Waals surface area contributed by atoms with Crippen molar-refractivity contribution in [2.75, 3.05) is 26.2 Å². The van der Waals surface area contributed by atoms with E-state index in [-0.39, 0.29) is 24.1 Å². The Morgan fingerprint density at radius 3 is 1.27 bits per heavy atom. The third-order valence-electron chi connectivity index (χ3n) is 8.38. The molecule has 0 amide bonds. The molecule has 0 aromatic heterocycles. The standard InChI is InChI=1S/C34H63NO6/c1-5-6-7-8-9-10-11-12-13-14-15-16-17-18-19-20-21-22-23-24-25-35(26-29(2)32(36)37,27-30(3)33(38)39)28-31(4)34(40)41/h6-7,29-31H,5,8-28H2,1-4H3,(H2-,36,37,38,39,40,41)/b7-6+. The van der Waals surface area contributed by atoms with E-state index in [1.54, 1.807) is 20.8 Å². The van der Waals surface area contributed by atoms with Crippen molar-refractivity contribution in [2.24, 2.45) is 17.8 Å². The number of allylic oxidation sites excluding steroid dienone is 2. The van der Waals surface area contributed by atoms with Crippen molar-refractivity contribution < 1.29 is 34.2 Å². The van der Waals surface area contributed by atoms with Crippen LogP contribution in [0, 0.1) is 17.8 Å². The van der Waals surface area contributed by atoms with Crippen molar-refractivity contribution in [3.05, 3.63) is 12.2 Å². The number of carboxylic acid groups (broad SMARTS) is 3. The zero-order valence-electron chi connectivity index (χ0n) is 26.9. The third kappa shape index (κ3) is 21.5. The van der Waals surface area contributed by atoms with Gasteiger partial charge >= 0.3 is 11.9 Å². The topological polar surface area (TPSA) is 115 Å².